The molecule has 0 heterocycles. The van der Waals surface area contributed by atoms with Crippen LogP contribution in [0.25, 0.3) is 0 Å². The van der Waals surface area contributed by atoms with Crippen molar-refractivity contribution in [2.75, 3.05) is 6.61 Å². The molecule has 0 saturated heterocycles. The number of hydrogen-bond acceptors (Lipinski definition) is 2. The second-order valence-electron chi connectivity index (χ2n) is 6.04. The van der Waals surface area contributed by atoms with E-state index >= 15 is 0 Å². The standard InChI is InChI=1S/C21H29ClO2/c1-2-3-4-5-6-7-8-9-10-11-12-17-24-21(23)18-19-13-15-20(22)16-14-19/h13-16H,2-10,17-18H2,1H3. The first kappa shape index (κ1) is 20.6. The first-order valence-corrected chi connectivity index (χ1v) is 9.46. The molecule has 0 saturated carbocycles. The first-order valence-electron chi connectivity index (χ1n) is 9.08. The van der Waals surface area contributed by atoms with Gasteiger partial charge in [0.05, 0.1) is 6.42 Å². The molecular formula is C21H29ClO2. The molecule has 2 nitrogen and oxygen atoms in total. The van der Waals surface area contributed by atoms with Crippen molar-refractivity contribution in [1.29, 1.82) is 0 Å². The van der Waals surface area contributed by atoms with Crippen LogP contribution in [-0.4, -0.2) is 12.6 Å². The third kappa shape index (κ3) is 11.1. The van der Waals surface area contributed by atoms with Crippen molar-refractivity contribution in [2.24, 2.45) is 0 Å². The Morgan fingerprint density at radius 3 is 2.25 bits per heavy atom. The van der Waals surface area contributed by atoms with Crippen molar-refractivity contribution in [1.82, 2.24) is 0 Å². The van der Waals surface area contributed by atoms with E-state index in [-0.39, 0.29) is 19.0 Å². The van der Waals surface area contributed by atoms with Gasteiger partial charge >= 0.3 is 5.97 Å². The van der Waals surface area contributed by atoms with Crippen LogP contribution in [0.3, 0.4) is 0 Å². The van der Waals surface area contributed by atoms with Crippen molar-refractivity contribution >= 4 is 17.6 Å². The van der Waals surface area contributed by atoms with Gasteiger partial charge in [0.2, 0.25) is 0 Å². The highest BCUT2D eigenvalue weighted by Gasteiger charge is 2.03. The molecule has 0 spiro atoms. The van der Waals surface area contributed by atoms with Gasteiger partial charge in [0, 0.05) is 11.4 Å². The largest absolute Gasteiger partial charge is 0.452 e. The maximum atomic E-state index is 11.7. The lowest BCUT2D eigenvalue weighted by Gasteiger charge is -2.01. The summed E-state index contributed by atoms with van der Waals surface area (Å²) in [4.78, 5) is 11.7. The molecule has 0 aliphatic rings. The zero-order valence-corrected chi connectivity index (χ0v) is 15.5. The Morgan fingerprint density at radius 1 is 0.958 bits per heavy atom. The molecular weight excluding hydrogens is 320 g/mol. The van der Waals surface area contributed by atoms with Gasteiger partial charge in [-0.15, -0.1) is 0 Å². The second kappa shape index (κ2) is 13.9. The van der Waals surface area contributed by atoms with Gasteiger partial charge < -0.3 is 4.74 Å². The third-order valence-corrected chi connectivity index (χ3v) is 4.10. The molecule has 0 amide bonds. The molecule has 0 fully saturated rings. The highest BCUT2D eigenvalue weighted by atomic mass is 35.5. The number of rotatable bonds is 11. The summed E-state index contributed by atoms with van der Waals surface area (Å²) in [5, 5.41) is 0.666. The minimum Gasteiger partial charge on any atom is -0.452 e. The summed E-state index contributed by atoms with van der Waals surface area (Å²) in [7, 11) is 0. The molecule has 0 bridgehead atoms. The highest BCUT2D eigenvalue weighted by Crippen LogP contribution is 2.10. The number of ether oxygens (including phenoxy) is 1. The van der Waals surface area contributed by atoms with E-state index in [2.05, 4.69) is 18.8 Å². The molecule has 0 N–H and O–H groups in total. The maximum absolute atomic E-state index is 11.7. The Hall–Kier alpha value is -1.46. The lowest BCUT2D eigenvalue weighted by atomic mass is 10.1. The summed E-state index contributed by atoms with van der Waals surface area (Å²) in [5.74, 6) is 5.74. The lowest BCUT2D eigenvalue weighted by Crippen LogP contribution is -2.08. The van der Waals surface area contributed by atoms with Crippen LogP contribution in [0.15, 0.2) is 24.3 Å². The van der Waals surface area contributed by atoms with E-state index in [9.17, 15) is 4.79 Å². The van der Waals surface area contributed by atoms with Crippen molar-refractivity contribution in [3.63, 3.8) is 0 Å². The Labute approximate surface area is 151 Å². The van der Waals surface area contributed by atoms with Crippen molar-refractivity contribution in [3.05, 3.63) is 34.9 Å². The van der Waals surface area contributed by atoms with Crippen LogP contribution < -0.4 is 0 Å². The molecule has 1 rings (SSSR count). The smallest absolute Gasteiger partial charge is 0.311 e. The number of halogens is 1. The number of esters is 1. The van der Waals surface area contributed by atoms with Gasteiger partial charge in [-0.05, 0) is 24.1 Å². The van der Waals surface area contributed by atoms with Crippen LogP contribution in [-0.2, 0) is 16.0 Å². The van der Waals surface area contributed by atoms with Gasteiger partial charge in [-0.2, -0.15) is 0 Å². The fourth-order valence-electron chi connectivity index (χ4n) is 2.42. The van der Waals surface area contributed by atoms with E-state index in [0.29, 0.717) is 5.02 Å². The monoisotopic (exact) mass is 348 g/mol. The molecule has 0 aromatic heterocycles. The quantitative estimate of drug-likeness (QED) is 0.280. The average molecular weight is 349 g/mol. The SMILES string of the molecule is CCCCCCCCCCC#CCOC(=O)Cc1ccc(Cl)cc1. The number of carbonyl (C=O) groups excluding carboxylic acids is 1. The molecule has 0 radical (unpaired) electrons. The molecule has 0 aliphatic carbocycles. The fraction of sp³-hybridized carbons (Fsp3) is 0.571. The van der Waals surface area contributed by atoms with Crippen molar-refractivity contribution in [2.45, 2.75) is 71.1 Å². The first-order chi connectivity index (χ1) is 11.7. The predicted molar refractivity (Wildman–Crippen MR) is 101 cm³/mol. The number of carbonyl (C=O) groups is 1. The van der Waals surface area contributed by atoms with Gasteiger partial charge in [0.25, 0.3) is 0 Å². The fourth-order valence-corrected chi connectivity index (χ4v) is 2.55. The van der Waals surface area contributed by atoms with E-state index in [1.165, 1.54) is 44.9 Å². The minimum absolute atomic E-state index is 0.184. The summed E-state index contributed by atoms with van der Waals surface area (Å²) < 4.78 is 5.11. The summed E-state index contributed by atoms with van der Waals surface area (Å²) >= 11 is 5.81. The van der Waals surface area contributed by atoms with Crippen LogP contribution in [0.4, 0.5) is 0 Å². The zero-order chi connectivity index (χ0) is 17.5. The normalized spacial score (nSPS) is 10.1. The van der Waals surface area contributed by atoms with E-state index in [1.807, 2.05) is 12.1 Å². The van der Waals surface area contributed by atoms with Gasteiger partial charge in [-0.25, -0.2) is 0 Å². The van der Waals surface area contributed by atoms with Crippen LogP contribution in [0, 0.1) is 11.8 Å². The molecule has 0 aliphatic heterocycles. The Kier molecular flexibility index (Phi) is 11.9. The van der Waals surface area contributed by atoms with E-state index in [1.54, 1.807) is 12.1 Å². The highest BCUT2D eigenvalue weighted by molar-refractivity contribution is 6.30. The van der Waals surface area contributed by atoms with Gasteiger partial charge in [0.1, 0.15) is 0 Å². The Morgan fingerprint density at radius 2 is 1.58 bits per heavy atom. The van der Waals surface area contributed by atoms with E-state index < -0.39 is 0 Å². The Balaban J connectivity index is 1.98. The van der Waals surface area contributed by atoms with Crippen molar-refractivity contribution in [3.8, 4) is 11.8 Å². The molecule has 1 aromatic carbocycles. The third-order valence-electron chi connectivity index (χ3n) is 3.85. The summed E-state index contributed by atoms with van der Waals surface area (Å²) in [6.45, 7) is 2.43. The molecule has 3 heteroatoms. The number of unbranched alkanes of at least 4 members (excludes halogenated alkanes) is 8. The summed E-state index contributed by atoms with van der Waals surface area (Å²) in [6, 6.07) is 7.20. The molecule has 132 valence electrons. The summed E-state index contributed by atoms with van der Waals surface area (Å²) in [5.41, 5.74) is 0.899. The van der Waals surface area contributed by atoms with Crippen LogP contribution in [0.5, 0.6) is 0 Å². The number of benzene rings is 1. The van der Waals surface area contributed by atoms with Crippen LogP contribution in [0.1, 0.15) is 70.3 Å². The van der Waals surface area contributed by atoms with Crippen molar-refractivity contribution < 1.29 is 9.53 Å². The molecule has 0 unspecified atom stereocenters. The maximum Gasteiger partial charge on any atom is 0.311 e. The zero-order valence-electron chi connectivity index (χ0n) is 14.8. The van der Waals surface area contributed by atoms with Crippen LogP contribution in [0.2, 0.25) is 5.02 Å². The van der Waals surface area contributed by atoms with Crippen LogP contribution >= 0.6 is 11.6 Å². The van der Waals surface area contributed by atoms with E-state index in [4.69, 9.17) is 16.3 Å². The lowest BCUT2D eigenvalue weighted by molar-refractivity contribution is -0.141. The minimum atomic E-state index is -0.251. The topological polar surface area (TPSA) is 26.3 Å². The number of hydrogen-bond donors (Lipinski definition) is 0. The predicted octanol–water partition coefficient (Wildman–Crippen LogP) is 5.96. The van der Waals surface area contributed by atoms with Gasteiger partial charge in [0.15, 0.2) is 6.61 Å². The van der Waals surface area contributed by atoms with E-state index in [0.717, 1.165) is 18.4 Å². The summed E-state index contributed by atoms with van der Waals surface area (Å²) in [6.07, 6.45) is 11.6. The van der Waals surface area contributed by atoms with Gasteiger partial charge in [-0.1, -0.05) is 87.4 Å². The average Bonchev–Trinajstić information content (AvgIpc) is 2.58. The molecule has 1 aromatic rings. The Bertz CT molecular complexity index is 511. The van der Waals surface area contributed by atoms with Gasteiger partial charge in [-0.3, -0.25) is 4.79 Å². The molecule has 24 heavy (non-hydrogen) atoms. The second-order valence-corrected chi connectivity index (χ2v) is 6.48. The molecule has 0 atom stereocenters.